The van der Waals surface area contributed by atoms with Crippen molar-refractivity contribution in [3.8, 4) is 0 Å². The predicted molar refractivity (Wildman–Crippen MR) is 130 cm³/mol. The third-order valence-electron chi connectivity index (χ3n) is 6.05. The highest BCUT2D eigenvalue weighted by Crippen LogP contribution is 2.29. The molecule has 0 atom stereocenters. The number of rotatable bonds is 7. The molecule has 2 heterocycles. The summed E-state index contributed by atoms with van der Waals surface area (Å²) in [5, 5.41) is 5.46. The van der Waals surface area contributed by atoms with Crippen molar-refractivity contribution in [1.29, 1.82) is 0 Å². The molecule has 2 aromatic rings. The van der Waals surface area contributed by atoms with E-state index in [0.29, 0.717) is 24.5 Å². The van der Waals surface area contributed by atoms with Crippen LogP contribution in [-0.2, 0) is 19.2 Å². The van der Waals surface area contributed by atoms with Gasteiger partial charge in [-0.3, -0.25) is 19.2 Å². The molecule has 0 saturated carbocycles. The maximum atomic E-state index is 12.6. The van der Waals surface area contributed by atoms with E-state index < -0.39 is 0 Å². The Morgan fingerprint density at radius 1 is 0.824 bits per heavy atom. The van der Waals surface area contributed by atoms with Crippen LogP contribution in [0, 0.1) is 0 Å². The molecular weight excluding hydrogens is 434 g/mol. The highest BCUT2D eigenvalue weighted by atomic mass is 16.2. The average molecular weight is 464 g/mol. The van der Waals surface area contributed by atoms with Gasteiger partial charge in [-0.25, -0.2) is 0 Å². The van der Waals surface area contributed by atoms with Crippen LogP contribution in [0.5, 0.6) is 0 Å². The van der Waals surface area contributed by atoms with Crippen LogP contribution in [0.4, 0.5) is 17.1 Å². The highest BCUT2D eigenvalue weighted by Gasteiger charge is 2.26. The lowest BCUT2D eigenvalue weighted by Crippen LogP contribution is -2.49. The van der Waals surface area contributed by atoms with E-state index in [9.17, 15) is 19.2 Å². The standard InChI is InChI=1S/C25H29N5O4/c31-22(10-11-25(34)30-18-23(32)27-20-8-4-5-9-21(20)30)26-13-12-24(33)29-16-14-28(15-17-29)19-6-2-1-3-7-19/h1-9H,10-18H2,(H,26,31)(H,27,32). The van der Waals surface area contributed by atoms with Crippen molar-refractivity contribution >= 4 is 40.7 Å². The van der Waals surface area contributed by atoms with Gasteiger partial charge < -0.3 is 25.3 Å². The van der Waals surface area contributed by atoms with Gasteiger partial charge in [-0.15, -0.1) is 0 Å². The first-order chi connectivity index (χ1) is 16.5. The van der Waals surface area contributed by atoms with Crippen molar-refractivity contribution < 1.29 is 19.2 Å². The third kappa shape index (κ3) is 5.72. The lowest BCUT2D eigenvalue weighted by molar-refractivity contribution is -0.131. The van der Waals surface area contributed by atoms with E-state index in [1.807, 2.05) is 23.1 Å². The quantitative estimate of drug-likeness (QED) is 0.650. The lowest BCUT2D eigenvalue weighted by Gasteiger charge is -2.36. The molecule has 2 aromatic carbocycles. The fraction of sp³-hybridized carbons (Fsp3) is 0.360. The zero-order valence-electron chi connectivity index (χ0n) is 19.0. The molecule has 9 nitrogen and oxygen atoms in total. The summed E-state index contributed by atoms with van der Waals surface area (Å²) in [5.74, 6) is -0.825. The van der Waals surface area contributed by atoms with Gasteiger partial charge in [-0.05, 0) is 24.3 Å². The van der Waals surface area contributed by atoms with Crippen LogP contribution in [-0.4, -0.2) is 67.8 Å². The zero-order chi connectivity index (χ0) is 23.9. The largest absolute Gasteiger partial charge is 0.368 e. The summed E-state index contributed by atoms with van der Waals surface area (Å²) < 4.78 is 0. The van der Waals surface area contributed by atoms with Crippen LogP contribution in [0.3, 0.4) is 0 Å². The Morgan fingerprint density at radius 3 is 2.29 bits per heavy atom. The SMILES string of the molecule is O=C(CCC(=O)N1CC(=O)Nc2ccccc21)NCCC(=O)N1CCN(c2ccccc2)CC1. The second-order valence-corrected chi connectivity index (χ2v) is 8.35. The van der Waals surface area contributed by atoms with Gasteiger partial charge in [0.15, 0.2) is 0 Å². The lowest BCUT2D eigenvalue weighted by atomic mass is 10.1. The number of anilines is 3. The maximum Gasteiger partial charge on any atom is 0.244 e. The van der Waals surface area contributed by atoms with Gasteiger partial charge in [0.25, 0.3) is 0 Å². The van der Waals surface area contributed by atoms with E-state index in [2.05, 4.69) is 27.7 Å². The zero-order valence-corrected chi connectivity index (χ0v) is 19.0. The summed E-state index contributed by atoms with van der Waals surface area (Å²) in [6.45, 7) is 3.04. The summed E-state index contributed by atoms with van der Waals surface area (Å²) in [4.78, 5) is 54.7. The molecule has 2 aliphatic rings. The van der Waals surface area contributed by atoms with Crippen LogP contribution in [0.2, 0.25) is 0 Å². The number of para-hydroxylation sites is 3. The van der Waals surface area contributed by atoms with E-state index in [1.165, 1.54) is 4.90 Å². The summed E-state index contributed by atoms with van der Waals surface area (Å²) in [7, 11) is 0. The van der Waals surface area contributed by atoms with Crippen LogP contribution in [0.15, 0.2) is 54.6 Å². The van der Waals surface area contributed by atoms with E-state index in [4.69, 9.17) is 0 Å². The first kappa shape index (κ1) is 23.3. The number of nitrogens with zero attached hydrogens (tertiary/aromatic N) is 3. The van der Waals surface area contributed by atoms with Crippen molar-refractivity contribution in [1.82, 2.24) is 10.2 Å². The Balaban J connectivity index is 1.16. The van der Waals surface area contributed by atoms with Gasteiger partial charge in [0, 0.05) is 57.7 Å². The Bertz CT molecular complexity index is 1050. The first-order valence-corrected chi connectivity index (χ1v) is 11.5. The van der Waals surface area contributed by atoms with Crippen LogP contribution in [0.25, 0.3) is 0 Å². The number of nitrogens with one attached hydrogen (secondary N) is 2. The minimum absolute atomic E-state index is 0.00304. The van der Waals surface area contributed by atoms with E-state index in [0.717, 1.165) is 18.8 Å². The minimum atomic E-state index is -0.287. The van der Waals surface area contributed by atoms with Crippen molar-refractivity contribution in [2.24, 2.45) is 0 Å². The van der Waals surface area contributed by atoms with Crippen LogP contribution < -0.4 is 20.4 Å². The molecule has 34 heavy (non-hydrogen) atoms. The van der Waals surface area contributed by atoms with Gasteiger partial charge in [0.2, 0.25) is 23.6 Å². The second kappa shape index (κ2) is 10.8. The Kier molecular flexibility index (Phi) is 7.41. The van der Waals surface area contributed by atoms with E-state index >= 15 is 0 Å². The average Bonchev–Trinajstić information content (AvgIpc) is 2.87. The van der Waals surface area contributed by atoms with Gasteiger partial charge in [-0.1, -0.05) is 30.3 Å². The minimum Gasteiger partial charge on any atom is -0.368 e. The van der Waals surface area contributed by atoms with Gasteiger partial charge in [0.1, 0.15) is 6.54 Å². The van der Waals surface area contributed by atoms with E-state index in [1.54, 1.807) is 24.3 Å². The molecule has 178 valence electrons. The van der Waals surface area contributed by atoms with Crippen molar-refractivity contribution in [2.75, 3.05) is 54.4 Å². The van der Waals surface area contributed by atoms with Gasteiger partial charge in [0.05, 0.1) is 11.4 Å². The fourth-order valence-electron chi connectivity index (χ4n) is 4.22. The topological polar surface area (TPSA) is 102 Å². The first-order valence-electron chi connectivity index (χ1n) is 11.5. The number of hydrogen-bond acceptors (Lipinski definition) is 5. The molecule has 0 radical (unpaired) electrons. The van der Waals surface area contributed by atoms with Gasteiger partial charge >= 0.3 is 0 Å². The van der Waals surface area contributed by atoms with Crippen molar-refractivity contribution in [3.05, 3.63) is 54.6 Å². The Labute approximate surface area is 198 Å². The van der Waals surface area contributed by atoms with Crippen molar-refractivity contribution in [3.63, 3.8) is 0 Å². The molecule has 4 amide bonds. The Hall–Kier alpha value is -3.88. The number of carbonyl (C=O) groups excluding carboxylic acids is 4. The summed E-state index contributed by atoms with van der Waals surface area (Å²) in [5.41, 5.74) is 2.37. The monoisotopic (exact) mass is 463 g/mol. The summed E-state index contributed by atoms with van der Waals surface area (Å²) in [6.07, 6.45) is 0.219. The molecule has 1 saturated heterocycles. The van der Waals surface area contributed by atoms with Crippen LogP contribution in [0.1, 0.15) is 19.3 Å². The number of amides is 4. The smallest absolute Gasteiger partial charge is 0.244 e. The molecule has 1 fully saturated rings. The normalized spacial score (nSPS) is 15.4. The highest BCUT2D eigenvalue weighted by molar-refractivity contribution is 6.10. The number of hydrogen-bond donors (Lipinski definition) is 2. The molecule has 2 aliphatic heterocycles. The third-order valence-corrected chi connectivity index (χ3v) is 6.05. The molecule has 4 rings (SSSR count). The molecule has 0 aliphatic carbocycles. The molecule has 0 aromatic heterocycles. The summed E-state index contributed by atoms with van der Waals surface area (Å²) >= 11 is 0. The predicted octanol–water partition coefficient (Wildman–Crippen LogP) is 1.61. The number of benzene rings is 2. The molecule has 9 heteroatoms. The maximum absolute atomic E-state index is 12.6. The molecular formula is C25H29N5O4. The fourth-order valence-corrected chi connectivity index (χ4v) is 4.22. The molecule has 0 unspecified atom stereocenters. The van der Waals surface area contributed by atoms with E-state index in [-0.39, 0.29) is 56.0 Å². The molecule has 2 N–H and O–H groups in total. The Morgan fingerprint density at radius 2 is 1.53 bits per heavy atom. The molecule has 0 bridgehead atoms. The number of fused-ring (bicyclic) bond motifs is 1. The summed E-state index contributed by atoms with van der Waals surface area (Å²) in [6, 6.07) is 17.2. The van der Waals surface area contributed by atoms with Gasteiger partial charge in [-0.2, -0.15) is 0 Å². The van der Waals surface area contributed by atoms with Crippen molar-refractivity contribution in [2.45, 2.75) is 19.3 Å². The van der Waals surface area contributed by atoms with Crippen LogP contribution >= 0.6 is 0 Å². The number of carbonyl (C=O) groups is 4. The number of piperazine rings is 1. The molecule has 0 spiro atoms. The second-order valence-electron chi connectivity index (χ2n) is 8.35.